The van der Waals surface area contributed by atoms with Crippen molar-refractivity contribution in [2.24, 2.45) is 5.14 Å². The van der Waals surface area contributed by atoms with E-state index in [-0.39, 0.29) is 35.3 Å². The Balaban J connectivity index is 1.48. The molecule has 5 N–H and O–H groups in total. The largest absolute Gasteiger partial charge is 0.477 e. The average molecular weight is 576 g/mol. The Morgan fingerprint density at radius 3 is 2.42 bits per heavy atom. The third-order valence-corrected chi connectivity index (χ3v) is 7.46. The summed E-state index contributed by atoms with van der Waals surface area (Å²) in [5.74, 6) is -1.14. The molecule has 0 aliphatic rings. The van der Waals surface area contributed by atoms with Gasteiger partial charge in [0.25, 0.3) is 0 Å². The number of carboxylic acid groups (broad SMARTS) is 1. The molecule has 0 fully saturated rings. The van der Waals surface area contributed by atoms with E-state index in [1.54, 1.807) is 22.8 Å². The van der Waals surface area contributed by atoms with E-state index < -0.39 is 33.8 Å². The molecular formula is C28H28F3N3O5S. The minimum atomic E-state index is -4.50. The van der Waals surface area contributed by atoms with Crippen LogP contribution in [0.5, 0.6) is 0 Å². The number of rotatable bonds is 10. The maximum absolute atomic E-state index is 13.0. The molecule has 2 atom stereocenters. The molecule has 1 heterocycles. The number of hydrogen-bond acceptors (Lipinski definition) is 5. The van der Waals surface area contributed by atoms with E-state index in [4.69, 9.17) is 5.14 Å². The number of aromatic nitrogens is 1. The number of halogens is 3. The lowest BCUT2D eigenvalue weighted by Gasteiger charge is -2.18. The predicted molar refractivity (Wildman–Crippen MR) is 143 cm³/mol. The number of benzene rings is 3. The van der Waals surface area contributed by atoms with Crippen LogP contribution in [0.2, 0.25) is 0 Å². The number of nitrogens with zero attached hydrogens (tertiary/aromatic N) is 1. The minimum Gasteiger partial charge on any atom is -0.477 e. The SMILES string of the molecule is CC(Cc1ccc2c(c1)cc(C(=O)O)n2Cc1cccc(S(N)(=O)=O)c1)NCC(O)c1cccc(C(F)(F)F)c1. The van der Waals surface area contributed by atoms with Crippen LogP contribution in [0.15, 0.2) is 77.7 Å². The Morgan fingerprint density at radius 1 is 1.02 bits per heavy atom. The first-order chi connectivity index (χ1) is 18.7. The van der Waals surface area contributed by atoms with Crippen molar-refractivity contribution in [2.45, 2.75) is 43.1 Å². The van der Waals surface area contributed by atoms with Crippen LogP contribution >= 0.6 is 0 Å². The van der Waals surface area contributed by atoms with Crippen LogP contribution in [0.25, 0.3) is 10.9 Å². The molecule has 0 spiro atoms. The summed E-state index contributed by atoms with van der Waals surface area (Å²) in [4.78, 5) is 11.9. The van der Waals surface area contributed by atoms with Gasteiger partial charge in [-0.1, -0.05) is 30.3 Å². The molecule has 0 aliphatic heterocycles. The average Bonchev–Trinajstić information content (AvgIpc) is 3.24. The number of aliphatic hydroxyl groups excluding tert-OH is 1. The van der Waals surface area contributed by atoms with Crippen molar-refractivity contribution in [2.75, 3.05) is 6.54 Å². The second kappa shape index (κ2) is 11.4. The van der Waals surface area contributed by atoms with E-state index >= 15 is 0 Å². The van der Waals surface area contributed by atoms with Gasteiger partial charge in [-0.05, 0) is 72.5 Å². The van der Waals surface area contributed by atoms with Crippen molar-refractivity contribution in [1.29, 1.82) is 0 Å². The number of aromatic carboxylic acids is 1. The summed E-state index contributed by atoms with van der Waals surface area (Å²) in [5, 5.41) is 29.2. The molecule has 0 aliphatic carbocycles. The number of carbonyl (C=O) groups is 1. The topological polar surface area (TPSA) is 135 Å². The number of carboxylic acids is 1. The number of nitrogens with one attached hydrogen (secondary N) is 1. The highest BCUT2D eigenvalue weighted by Gasteiger charge is 2.30. The molecule has 0 radical (unpaired) electrons. The third-order valence-electron chi connectivity index (χ3n) is 6.55. The fourth-order valence-corrected chi connectivity index (χ4v) is 5.16. The molecule has 4 rings (SSSR count). The predicted octanol–water partition coefficient (Wildman–Crippen LogP) is 4.31. The molecular weight excluding hydrogens is 547 g/mol. The monoisotopic (exact) mass is 575 g/mol. The fourth-order valence-electron chi connectivity index (χ4n) is 4.58. The number of hydrogen-bond donors (Lipinski definition) is 4. The van der Waals surface area contributed by atoms with Gasteiger partial charge in [-0.15, -0.1) is 0 Å². The fraction of sp³-hybridized carbons (Fsp3) is 0.250. The molecule has 12 heteroatoms. The highest BCUT2D eigenvalue weighted by atomic mass is 32.2. The molecule has 212 valence electrons. The van der Waals surface area contributed by atoms with Gasteiger partial charge < -0.3 is 20.1 Å². The zero-order valence-corrected chi connectivity index (χ0v) is 22.2. The van der Waals surface area contributed by atoms with Crippen molar-refractivity contribution >= 4 is 26.9 Å². The Bertz CT molecular complexity index is 1650. The van der Waals surface area contributed by atoms with Crippen molar-refractivity contribution in [1.82, 2.24) is 9.88 Å². The van der Waals surface area contributed by atoms with Crippen LogP contribution in [0.3, 0.4) is 0 Å². The quantitative estimate of drug-likeness (QED) is 0.223. The second-order valence-electron chi connectivity index (χ2n) is 9.66. The van der Waals surface area contributed by atoms with Crippen LogP contribution in [-0.2, 0) is 29.2 Å². The van der Waals surface area contributed by atoms with Gasteiger partial charge in [-0.2, -0.15) is 13.2 Å². The number of alkyl halides is 3. The minimum absolute atomic E-state index is 0.0311. The van der Waals surface area contributed by atoms with E-state index in [9.17, 15) is 36.6 Å². The molecule has 4 aromatic rings. The number of nitrogens with two attached hydrogens (primary N) is 1. The van der Waals surface area contributed by atoms with Crippen molar-refractivity contribution in [3.05, 3.63) is 101 Å². The van der Waals surface area contributed by atoms with Gasteiger partial charge in [0.2, 0.25) is 10.0 Å². The van der Waals surface area contributed by atoms with Crippen LogP contribution in [-0.4, -0.2) is 41.8 Å². The Hall–Kier alpha value is -3.71. The number of fused-ring (bicyclic) bond motifs is 1. The van der Waals surface area contributed by atoms with Gasteiger partial charge in [0, 0.05) is 30.0 Å². The molecule has 0 amide bonds. The van der Waals surface area contributed by atoms with E-state index in [2.05, 4.69) is 5.32 Å². The summed E-state index contributed by atoms with van der Waals surface area (Å²) in [6.45, 7) is 2.02. The summed E-state index contributed by atoms with van der Waals surface area (Å²) in [7, 11) is -3.92. The zero-order valence-electron chi connectivity index (χ0n) is 21.4. The third kappa shape index (κ3) is 6.89. The molecule has 0 saturated carbocycles. The highest BCUT2D eigenvalue weighted by Crippen LogP contribution is 2.31. The van der Waals surface area contributed by atoms with Gasteiger partial charge in [0.05, 0.1) is 16.6 Å². The first-order valence-corrected chi connectivity index (χ1v) is 13.8. The molecule has 1 aromatic heterocycles. The Morgan fingerprint density at radius 2 is 1.75 bits per heavy atom. The summed E-state index contributed by atoms with van der Waals surface area (Å²) < 4.78 is 64.0. The molecule has 2 unspecified atom stereocenters. The summed E-state index contributed by atoms with van der Waals surface area (Å²) in [6.07, 6.45) is -5.12. The lowest BCUT2D eigenvalue weighted by molar-refractivity contribution is -0.137. The summed E-state index contributed by atoms with van der Waals surface area (Å²) in [5.41, 5.74) is 1.45. The molecule has 8 nitrogen and oxygen atoms in total. The van der Waals surface area contributed by atoms with Crippen molar-refractivity contribution in [3.63, 3.8) is 0 Å². The lowest BCUT2D eigenvalue weighted by Crippen LogP contribution is -2.32. The molecule has 0 bridgehead atoms. The smallest absolute Gasteiger partial charge is 0.416 e. The summed E-state index contributed by atoms with van der Waals surface area (Å²) >= 11 is 0. The number of primary sulfonamides is 1. The van der Waals surface area contributed by atoms with Gasteiger partial charge in [0.15, 0.2) is 0 Å². The normalized spacial score (nSPS) is 13.8. The molecule has 0 saturated heterocycles. The first-order valence-electron chi connectivity index (χ1n) is 12.3. The van der Waals surface area contributed by atoms with Crippen molar-refractivity contribution < 1.29 is 36.6 Å². The van der Waals surface area contributed by atoms with Crippen molar-refractivity contribution in [3.8, 4) is 0 Å². The standard InChI is InChI=1S/C28H28F3N3O5S/c1-17(33-15-26(35)20-5-3-6-22(13-20)28(29,30)31)10-18-8-9-24-21(11-18)14-25(27(36)37)34(24)16-19-4-2-7-23(12-19)40(32,38)39/h2-9,11-14,17,26,33,35H,10,15-16H2,1H3,(H,36,37)(H2,32,38,39). The first kappa shape index (κ1) is 29.3. The Labute approximate surface area is 228 Å². The number of sulfonamides is 1. The van der Waals surface area contributed by atoms with E-state index in [0.717, 1.165) is 17.7 Å². The van der Waals surface area contributed by atoms with Crippen LogP contribution in [0, 0.1) is 0 Å². The van der Waals surface area contributed by atoms with E-state index in [1.807, 2.05) is 19.1 Å². The van der Waals surface area contributed by atoms with E-state index in [1.165, 1.54) is 30.3 Å². The van der Waals surface area contributed by atoms with Gasteiger partial charge in [-0.3, -0.25) is 0 Å². The zero-order chi connectivity index (χ0) is 29.2. The van der Waals surface area contributed by atoms with Gasteiger partial charge in [0.1, 0.15) is 5.69 Å². The maximum atomic E-state index is 13.0. The summed E-state index contributed by atoms with van der Waals surface area (Å²) in [6, 6.07) is 17.4. The highest BCUT2D eigenvalue weighted by molar-refractivity contribution is 7.89. The van der Waals surface area contributed by atoms with E-state index in [0.29, 0.717) is 22.9 Å². The van der Waals surface area contributed by atoms with Gasteiger partial charge in [-0.25, -0.2) is 18.4 Å². The lowest BCUT2D eigenvalue weighted by atomic mass is 10.0. The molecule has 40 heavy (non-hydrogen) atoms. The van der Waals surface area contributed by atoms with Crippen LogP contribution in [0.1, 0.15) is 45.8 Å². The second-order valence-corrected chi connectivity index (χ2v) is 11.2. The maximum Gasteiger partial charge on any atom is 0.416 e. The van der Waals surface area contributed by atoms with Crippen LogP contribution < -0.4 is 10.5 Å². The van der Waals surface area contributed by atoms with Gasteiger partial charge >= 0.3 is 12.1 Å². The van der Waals surface area contributed by atoms with Crippen LogP contribution in [0.4, 0.5) is 13.2 Å². The Kier molecular flexibility index (Phi) is 8.36. The molecule has 3 aromatic carbocycles. The number of aliphatic hydroxyl groups is 1.